The molecule has 0 aliphatic rings. The molecule has 0 unspecified atom stereocenters. The highest BCUT2D eigenvalue weighted by atomic mass is 16.4. The maximum atomic E-state index is 10.6. The van der Waals surface area contributed by atoms with Gasteiger partial charge in [-0.2, -0.15) is 0 Å². The van der Waals surface area contributed by atoms with Crippen LogP contribution in [0.4, 0.5) is 5.82 Å². The molecule has 1 aromatic rings. The van der Waals surface area contributed by atoms with E-state index in [0.29, 0.717) is 5.82 Å². The van der Waals surface area contributed by atoms with Crippen molar-refractivity contribution in [1.82, 2.24) is 4.98 Å². The zero-order chi connectivity index (χ0) is 11.3. The zero-order valence-electron chi connectivity index (χ0n) is 8.21. The molecule has 0 radical (unpaired) electrons. The summed E-state index contributed by atoms with van der Waals surface area (Å²) in [7, 11) is 1.68. The van der Waals surface area contributed by atoms with Gasteiger partial charge in [-0.25, -0.2) is 9.78 Å². The third-order valence-electron chi connectivity index (χ3n) is 1.75. The molecule has 0 aliphatic heterocycles. The molecule has 0 atom stereocenters. The van der Waals surface area contributed by atoms with Gasteiger partial charge in [-0.3, -0.25) is 0 Å². The van der Waals surface area contributed by atoms with Gasteiger partial charge in [0.25, 0.3) is 0 Å². The van der Waals surface area contributed by atoms with Crippen molar-refractivity contribution in [2.75, 3.05) is 11.9 Å². The largest absolute Gasteiger partial charge is 0.478 e. The van der Waals surface area contributed by atoms with Crippen molar-refractivity contribution in [3.8, 4) is 0 Å². The number of carboxylic acid groups (broad SMARTS) is 1. The number of carboxylic acids is 1. The normalized spacial score (nSPS) is 10.9. The second-order valence-electron chi connectivity index (χ2n) is 2.83. The molecule has 0 aliphatic carbocycles. The van der Waals surface area contributed by atoms with Crippen LogP contribution in [-0.4, -0.2) is 29.3 Å². The number of carbonyl (C=O) groups is 1. The highest BCUT2D eigenvalue weighted by Gasteiger charge is 2.05. The molecule has 0 saturated carbocycles. The first kappa shape index (κ1) is 10.9. The third kappa shape index (κ3) is 2.91. The molecule has 15 heavy (non-hydrogen) atoms. The van der Waals surface area contributed by atoms with Gasteiger partial charge in [0.1, 0.15) is 5.82 Å². The number of aromatic nitrogens is 1. The number of hydrogen-bond donors (Lipinski definition) is 2. The second kappa shape index (κ2) is 4.90. The van der Waals surface area contributed by atoms with Crippen LogP contribution in [-0.2, 0) is 4.79 Å². The van der Waals surface area contributed by atoms with Gasteiger partial charge in [-0.15, -0.1) is 0 Å². The van der Waals surface area contributed by atoms with E-state index in [0.717, 1.165) is 6.21 Å². The van der Waals surface area contributed by atoms with Gasteiger partial charge in [0.2, 0.25) is 0 Å². The van der Waals surface area contributed by atoms with Gasteiger partial charge < -0.3 is 15.4 Å². The van der Waals surface area contributed by atoms with Crippen LogP contribution >= 0.6 is 0 Å². The van der Waals surface area contributed by atoms with Gasteiger partial charge in [0.15, 0.2) is 0 Å². The Labute approximate surface area is 87.2 Å². The quantitative estimate of drug-likeness (QED) is 0.570. The molecule has 1 heterocycles. The Bertz CT molecular complexity index is 387. The molecule has 1 rings (SSSR count). The minimum Gasteiger partial charge on any atom is -0.478 e. The standard InChI is InChI=1S/C10H11N3O2/c1-13(7-8(6-11)10(14)15)9-4-2-3-5-12-9/h2-7,11H,1H3,(H,14,15)/b8-7+,11-6?. The first-order valence-corrected chi connectivity index (χ1v) is 4.24. The van der Waals surface area contributed by atoms with Gasteiger partial charge >= 0.3 is 5.97 Å². The second-order valence-corrected chi connectivity index (χ2v) is 2.83. The van der Waals surface area contributed by atoms with Crippen molar-refractivity contribution in [3.63, 3.8) is 0 Å². The summed E-state index contributed by atoms with van der Waals surface area (Å²) in [5, 5.41) is 15.6. The third-order valence-corrected chi connectivity index (χ3v) is 1.75. The molecule has 1 aromatic heterocycles. The SMILES string of the molecule is CN(/C=C(\C=N)C(=O)O)c1ccccn1. The van der Waals surface area contributed by atoms with Crippen LogP contribution in [0.15, 0.2) is 36.2 Å². The number of pyridine rings is 1. The van der Waals surface area contributed by atoms with E-state index in [1.807, 2.05) is 0 Å². The lowest BCUT2D eigenvalue weighted by Crippen LogP contribution is -2.14. The van der Waals surface area contributed by atoms with Gasteiger partial charge in [-0.05, 0) is 12.1 Å². The number of aliphatic carboxylic acids is 1. The van der Waals surface area contributed by atoms with Crippen LogP contribution in [0.25, 0.3) is 0 Å². The molecule has 5 nitrogen and oxygen atoms in total. The molecule has 0 bridgehead atoms. The molecule has 78 valence electrons. The van der Waals surface area contributed by atoms with Gasteiger partial charge in [-0.1, -0.05) is 6.07 Å². The van der Waals surface area contributed by atoms with Crippen LogP contribution in [0.2, 0.25) is 0 Å². The molecular weight excluding hydrogens is 194 g/mol. The number of hydrogen-bond acceptors (Lipinski definition) is 4. The first-order chi connectivity index (χ1) is 7.15. The summed E-state index contributed by atoms with van der Waals surface area (Å²) < 4.78 is 0. The Kier molecular flexibility index (Phi) is 3.56. The van der Waals surface area contributed by atoms with E-state index in [4.69, 9.17) is 10.5 Å². The Balaban J connectivity index is 2.91. The number of rotatable bonds is 4. The summed E-state index contributed by atoms with van der Waals surface area (Å²) in [6.07, 6.45) is 3.75. The van der Waals surface area contributed by atoms with Crippen LogP contribution in [0.3, 0.4) is 0 Å². The Hall–Kier alpha value is -2.17. The van der Waals surface area contributed by atoms with Crippen LogP contribution in [0.5, 0.6) is 0 Å². The smallest absolute Gasteiger partial charge is 0.338 e. The van der Waals surface area contributed by atoms with E-state index in [9.17, 15) is 4.79 Å². The van der Waals surface area contributed by atoms with E-state index in [1.165, 1.54) is 6.20 Å². The van der Waals surface area contributed by atoms with Crippen molar-refractivity contribution in [2.24, 2.45) is 0 Å². The molecule has 0 amide bonds. The van der Waals surface area contributed by atoms with Crippen LogP contribution in [0.1, 0.15) is 0 Å². The van der Waals surface area contributed by atoms with Gasteiger partial charge in [0, 0.05) is 25.7 Å². The van der Waals surface area contributed by atoms with Crippen molar-refractivity contribution >= 4 is 18.0 Å². The fourth-order valence-electron chi connectivity index (χ4n) is 0.991. The summed E-state index contributed by atoms with van der Waals surface area (Å²) in [4.78, 5) is 16.2. The van der Waals surface area contributed by atoms with E-state index in [-0.39, 0.29) is 5.57 Å². The van der Waals surface area contributed by atoms with E-state index >= 15 is 0 Å². The molecule has 0 saturated heterocycles. The summed E-state index contributed by atoms with van der Waals surface area (Å²) in [5.41, 5.74) is -0.0943. The molecule has 0 aromatic carbocycles. The lowest BCUT2D eigenvalue weighted by atomic mass is 10.3. The predicted molar refractivity (Wildman–Crippen MR) is 57.1 cm³/mol. The molecular formula is C10H11N3O2. The molecule has 0 spiro atoms. The fraction of sp³-hybridized carbons (Fsp3) is 0.100. The average Bonchev–Trinajstić information content (AvgIpc) is 2.26. The summed E-state index contributed by atoms with van der Waals surface area (Å²) in [6, 6.07) is 5.33. The Morgan fingerprint density at radius 1 is 1.60 bits per heavy atom. The minimum atomic E-state index is -1.13. The first-order valence-electron chi connectivity index (χ1n) is 4.24. The molecule has 5 heteroatoms. The van der Waals surface area contributed by atoms with Crippen molar-refractivity contribution in [1.29, 1.82) is 5.41 Å². The lowest BCUT2D eigenvalue weighted by Gasteiger charge is -2.12. The summed E-state index contributed by atoms with van der Waals surface area (Å²) >= 11 is 0. The highest BCUT2D eigenvalue weighted by molar-refractivity contribution is 6.07. The highest BCUT2D eigenvalue weighted by Crippen LogP contribution is 2.08. The number of anilines is 1. The van der Waals surface area contributed by atoms with E-state index in [2.05, 4.69) is 4.98 Å². The Morgan fingerprint density at radius 2 is 2.33 bits per heavy atom. The minimum absolute atomic E-state index is 0.0943. The Morgan fingerprint density at radius 3 is 2.80 bits per heavy atom. The van der Waals surface area contributed by atoms with Crippen LogP contribution in [0, 0.1) is 5.41 Å². The maximum Gasteiger partial charge on any atom is 0.338 e. The van der Waals surface area contributed by atoms with Gasteiger partial charge in [0.05, 0.1) is 5.57 Å². The van der Waals surface area contributed by atoms with Crippen LogP contribution < -0.4 is 4.90 Å². The van der Waals surface area contributed by atoms with Crippen molar-refractivity contribution in [3.05, 3.63) is 36.2 Å². The number of nitrogens with zero attached hydrogens (tertiary/aromatic N) is 2. The van der Waals surface area contributed by atoms with Crippen molar-refractivity contribution in [2.45, 2.75) is 0 Å². The summed E-state index contributed by atoms with van der Waals surface area (Å²) in [5.74, 6) is -0.508. The van der Waals surface area contributed by atoms with E-state index in [1.54, 1.807) is 36.3 Å². The molecule has 0 fully saturated rings. The maximum absolute atomic E-state index is 10.6. The molecule has 2 N–H and O–H groups in total. The lowest BCUT2D eigenvalue weighted by molar-refractivity contribution is -0.132. The predicted octanol–water partition coefficient (Wildman–Crippen LogP) is 1.14. The fourth-order valence-corrected chi connectivity index (χ4v) is 0.991. The van der Waals surface area contributed by atoms with E-state index < -0.39 is 5.97 Å². The summed E-state index contributed by atoms with van der Waals surface area (Å²) in [6.45, 7) is 0. The number of nitrogens with one attached hydrogen (secondary N) is 1. The zero-order valence-corrected chi connectivity index (χ0v) is 8.21. The average molecular weight is 205 g/mol. The topological polar surface area (TPSA) is 77.3 Å². The monoisotopic (exact) mass is 205 g/mol. The van der Waals surface area contributed by atoms with Crippen molar-refractivity contribution < 1.29 is 9.90 Å².